The molecule has 0 unspecified atom stereocenters. The summed E-state index contributed by atoms with van der Waals surface area (Å²) in [5.74, 6) is -0.424. The van der Waals surface area contributed by atoms with Gasteiger partial charge in [0.2, 0.25) is 5.91 Å². The topological polar surface area (TPSA) is 87.2 Å². The number of fused-ring (bicyclic) bond motifs is 1. The summed E-state index contributed by atoms with van der Waals surface area (Å²) < 4.78 is 5.87. The van der Waals surface area contributed by atoms with Crippen molar-refractivity contribution >= 4 is 40.8 Å². The van der Waals surface area contributed by atoms with E-state index in [2.05, 4.69) is 0 Å². The quantitative estimate of drug-likeness (QED) is 0.348. The molecular weight excluding hydrogens is 516 g/mol. The van der Waals surface area contributed by atoms with E-state index in [1.807, 2.05) is 43.3 Å². The average molecular weight is 547 g/mol. The van der Waals surface area contributed by atoms with Crippen LogP contribution in [-0.2, 0) is 9.59 Å². The smallest absolute Gasteiger partial charge is 0.304 e. The molecule has 2 amide bonds. The second-order valence-corrected chi connectivity index (χ2v) is 11.0. The Morgan fingerprint density at radius 2 is 1.69 bits per heavy atom. The maximum absolute atomic E-state index is 13.8. The Labute approximate surface area is 232 Å². The van der Waals surface area contributed by atoms with Gasteiger partial charge in [-0.2, -0.15) is 0 Å². The fourth-order valence-electron chi connectivity index (χ4n) is 5.46. The highest BCUT2D eigenvalue weighted by Crippen LogP contribution is 2.49. The number of nitrogens with zero attached hydrogens (tertiary/aromatic N) is 2. The van der Waals surface area contributed by atoms with Crippen LogP contribution in [0.3, 0.4) is 0 Å². The molecule has 1 aliphatic heterocycles. The van der Waals surface area contributed by atoms with E-state index in [0.29, 0.717) is 29.4 Å². The highest BCUT2D eigenvalue weighted by Gasteiger charge is 2.45. The predicted octanol–water partition coefficient (Wildman–Crippen LogP) is 6.51. The van der Waals surface area contributed by atoms with Gasteiger partial charge in [0.25, 0.3) is 5.91 Å². The number of rotatable bonds is 8. The largest absolute Gasteiger partial charge is 0.493 e. The molecular formula is C31H31ClN2O5. The van der Waals surface area contributed by atoms with Gasteiger partial charge in [-0.3, -0.25) is 14.4 Å². The number of halogens is 1. The number of benzene rings is 3. The summed E-state index contributed by atoms with van der Waals surface area (Å²) >= 11 is 6.09. The maximum Gasteiger partial charge on any atom is 0.304 e. The van der Waals surface area contributed by atoms with E-state index in [-0.39, 0.29) is 35.7 Å². The first-order chi connectivity index (χ1) is 18.7. The van der Waals surface area contributed by atoms with Gasteiger partial charge < -0.3 is 19.6 Å². The summed E-state index contributed by atoms with van der Waals surface area (Å²) in [6.45, 7) is 3.90. The molecule has 3 aromatic carbocycles. The molecule has 1 N–H and O–H groups in total. The van der Waals surface area contributed by atoms with Crippen LogP contribution < -0.4 is 14.5 Å². The zero-order valence-electron chi connectivity index (χ0n) is 22.0. The number of carboxylic acid groups (broad SMARTS) is 1. The van der Waals surface area contributed by atoms with Crippen LogP contribution in [0.2, 0.25) is 5.02 Å². The first-order valence-corrected chi connectivity index (χ1v) is 13.5. The van der Waals surface area contributed by atoms with Gasteiger partial charge in [0.1, 0.15) is 5.75 Å². The molecule has 0 bridgehead atoms. The van der Waals surface area contributed by atoms with Crippen molar-refractivity contribution in [3.8, 4) is 5.75 Å². The van der Waals surface area contributed by atoms with Gasteiger partial charge in [-0.05, 0) is 86.3 Å². The van der Waals surface area contributed by atoms with Gasteiger partial charge in [-0.15, -0.1) is 0 Å². The number of ether oxygens (including phenoxy) is 1. The molecule has 2 aliphatic rings. The number of amides is 2. The van der Waals surface area contributed by atoms with E-state index in [1.165, 1.54) is 0 Å². The SMILES string of the molecule is CC(=O)N(c1ccc(Cl)cc1)[C@@H]1C[C@H](C)N(C(=O)c2ccc(OCC3(CC(=O)O)CC3)cc2)c2ccccc21. The normalized spacial score (nSPS) is 19.1. The van der Waals surface area contributed by atoms with E-state index in [1.54, 1.807) is 53.1 Å². The van der Waals surface area contributed by atoms with Crippen LogP contribution in [0.5, 0.6) is 5.75 Å². The van der Waals surface area contributed by atoms with Gasteiger partial charge in [-0.1, -0.05) is 29.8 Å². The second kappa shape index (κ2) is 10.7. The number of hydrogen-bond donors (Lipinski definition) is 1. The van der Waals surface area contributed by atoms with Crippen molar-refractivity contribution in [3.05, 3.63) is 88.9 Å². The first-order valence-electron chi connectivity index (χ1n) is 13.1. The Kier molecular flexibility index (Phi) is 7.36. The van der Waals surface area contributed by atoms with Gasteiger partial charge in [0.15, 0.2) is 0 Å². The van der Waals surface area contributed by atoms with Crippen molar-refractivity contribution < 1.29 is 24.2 Å². The molecule has 5 rings (SSSR count). The highest BCUT2D eigenvalue weighted by atomic mass is 35.5. The average Bonchev–Trinajstić information content (AvgIpc) is 3.67. The second-order valence-electron chi connectivity index (χ2n) is 10.6. The number of para-hydroxylation sites is 1. The molecule has 39 heavy (non-hydrogen) atoms. The molecule has 1 heterocycles. The van der Waals surface area contributed by atoms with Gasteiger partial charge in [-0.25, -0.2) is 0 Å². The molecule has 0 aromatic heterocycles. The zero-order valence-corrected chi connectivity index (χ0v) is 22.7. The molecule has 3 aromatic rings. The van der Waals surface area contributed by atoms with Gasteiger partial charge in [0, 0.05) is 40.3 Å². The number of anilines is 2. The lowest BCUT2D eigenvalue weighted by Crippen LogP contribution is -2.47. The number of hydrogen-bond acceptors (Lipinski definition) is 4. The highest BCUT2D eigenvalue weighted by molar-refractivity contribution is 6.30. The van der Waals surface area contributed by atoms with Crippen LogP contribution in [0, 0.1) is 5.41 Å². The molecule has 1 fully saturated rings. The first kappa shape index (κ1) is 26.8. The van der Waals surface area contributed by atoms with Crippen molar-refractivity contribution in [1.82, 2.24) is 0 Å². The summed E-state index contributed by atoms with van der Waals surface area (Å²) in [6, 6.07) is 21.5. The van der Waals surface area contributed by atoms with Crippen LogP contribution in [0.1, 0.15) is 61.5 Å². The molecule has 7 nitrogen and oxygen atoms in total. The molecule has 0 spiro atoms. The Morgan fingerprint density at radius 3 is 2.31 bits per heavy atom. The van der Waals surface area contributed by atoms with Gasteiger partial charge >= 0.3 is 5.97 Å². The Bertz CT molecular complexity index is 1380. The Hall–Kier alpha value is -3.84. The molecule has 202 valence electrons. The fourth-order valence-corrected chi connectivity index (χ4v) is 5.58. The van der Waals surface area contributed by atoms with Crippen molar-refractivity contribution in [2.75, 3.05) is 16.4 Å². The van der Waals surface area contributed by atoms with E-state index < -0.39 is 5.97 Å². The standard InChI is InChI=1S/C31H31ClN2O5/c1-20-17-28(34(21(2)35)24-11-9-23(32)10-12-24)26-5-3-4-6-27(26)33(20)30(38)22-7-13-25(14-8-22)39-19-31(15-16-31)18-29(36)37/h3-14,20,28H,15-19H2,1-2H3,(H,36,37)/t20-,28+/m0/s1. The zero-order chi connectivity index (χ0) is 27.7. The van der Waals surface area contributed by atoms with Gasteiger partial charge in [0.05, 0.1) is 19.1 Å². The number of carbonyl (C=O) groups excluding carboxylic acids is 2. The monoisotopic (exact) mass is 546 g/mol. The number of carbonyl (C=O) groups is 3. The summed E-state index contributed by atoms with van der Waals surface area (Å²) in [4.78, 5) is 41.3. The van der Waals surface area contributed by atoms with Crippen molar-refractivity contribution in [3.63, 3.8) is 0 Å². The van der Waals surface area contributed by atoms with Crippen LogP contribution in [0.25, 0.3) is 0 Å². The number of aliphatic carboxylic acids is 1. The van der Waals surface area contributed by atoms with Crippen LogP contribution in [0.15, 0.2) is 72.8 Å². The number of carboxylic acids is 1. The molecule has 8 heteroatoms. The lowest BCUT2D eigenvalue weighted by molar-refractivity contribution is -0.138. The van der Waals surface area contributed by atoms with E-state index >= 15 is 0 Å². The van der Waals surface area contributed by atoms with Crippen LogP contribution >= 0.6 is 11.6 Å². The Balaban J connectivity index is 1.37. The predicted molar refractivity (Wildman–Crippen MR) is 151 cm³/mol. The fraction of sp³-hybridized carbons (Fsp3) is 0.323. The third-order valence-electron chi connectivity index (χ3n) is 7.66. The summed E-state index contributed by atoms with van der Waals surface area (Å²) in [5, 5.41) is 9.72. The molecule has 0 radical (unpaired) electrons. The van der Waals surface area contributed by atoms with E-state index in [9.17, 15) is 14.4 Å². The lowest BCUT2D eigenvalue weighted by Gasteiger charge is -2.43. The summed E-state index contributed by atoms with van der Waals surface area (Å²) in [6.07, 6.45) is 2.37. The third-order valence-corrected chi connectivity index (χ3v) is 7.92. The van der Waals surface area contributed by atoms with Crippen molar-refractivity contribution in [1.29, 1.82) is 0 Å². The lowest BCUT2D eigenvalue weighted by atomic mass is 9.89. The third kappa shape index (κ3) is 5.64. The maximum atomic E-state index is 13.8. The molecule has 1 saturated carbocycles. The van der Waals surface area contributed by atoms with E-state index in [0.717, 1.165) is 29.8 Å². The summed E-state index contributed by atoms with van der Waals surface area (Å²) in [5.41, 5.74) is 2.68. The van der Waals surface area contributed by atoms with Crippen molar-refractivity contribution in [2.45, 2.75) is 51.6 Å². The van der Waals surface area contributed by atoms with E-state index in [4.69, 9.17) is 21.4 Å². The Morgan fingerprint density at radius 1 is 1.03 bits per heavy atom. The minimum Gasteiger partial charge on any atom is -0.493 e. The molecule has 0 saturated heterocycles. The van der Waals surface area contributed by atoms with Crippen molar-refractivity contribution in [2.24, 2.45) is 5.41 Å². The molecule has 1 aliphatic carbocycles. The minimum absolute atomic E-state index is 0.0870. The van der Waals surface area contributed by atoms with Crippen LogP contribution in [-0.4, -0.2) is 35.5 Å². The minimum atomic E-state index is -0.810. The summed E-state index contributed by atoms with van der Waals surface area (Å²) in [7, 11) is 0. The van der Waals surface area contributed by atoms with Crippen LogP contribution in [0.4, 0.5) is 11.4 Å². The molecule has 2 atom stereocenters.